The standard InChI is InChI=1S/C9H11N5O4/c10-13-8(15)5-11-9(16)12-6-2-1-3-7(4-6)14(17)18/h1-4H,5,10H2,(H,13,15)(H2,11,12,16). The van der Waals surface area contributed by atoms with Crippen LogP contribution < -0.4 is 21.9 Å². The van der Waals surface area contributed by atoms with Crippen LogP contribution in [0.25, 0.3) is 0 Å². The van der Waals surface area contributed by atoms with Crippen LogP contribution in [-0.2, 0) is 4.79 Å². The normalized spacial score (nSPS) is 9.39. The lowest BCUT2D eigenvalue weighted by atomic mass is 10.3. The van der Waals surface area contributed by atoms with E-state index in [9.17, 15) is 19.7 Å². The highest BCUT2D eigenvalue weighted by Crippen LogP contribution is 2.16. The molecule has 0 aliphatic carbocycles. The molecule has 9 nitrogen and oxygen atoms in total. The number of amides is 3. The summed E-state index contributed by atoms with van der Waals surface area (Å²) >= 11 is 0. The number of hydrazine groups is 1. The Hall–Kier alpha value is -2.68. The number of anilines is 1. The van der Waals surface area contributed by atoms with Gasteiger partial charge in [0.2, 0.25) is 0 Å². The minimum atomic E-state index is -0.668. The number of nitrogens with two attached hydrogens (primary N) is 1. The molecule has 0 unspecified atom stereocenters. The highest BCUT2D eigenvalue weighted by molar-refractivity contribution is 5.92. The Morgan fingerprint density at radius 3 is 2.72 bits per heavy atom. The van der Waals surface area contributed by atoms with Gasteiger partial charge in [0.15, 0.2) is 0 Å². The van der Waals surface area contributed by atoms with Crippen molar-refractivity contribution in [1.82, 2.24) is 10.7 Å². The number of benzene rings is 1. The van der Waals surface area contributed by atoms with Crippen LogP contribution in [-0.4, -0.2) is 23.4 Å². The maximum atomic E-state index is 11.3. The number of non-ortho nitro benzene ring substituents is 1. The lowest BCUT2D eigenvalue weighted by Gasteiger charge is -2.06. The van der Waals surface area contributed by atoms with E-state index in [0.717, 1.165) is 0 Å². The molecule has 3 amide bonds. The Labute approximate surface area is 101 Å². The van der Waals surface area contributed by atoms with Crippen LogP contribution in [0.1, 0.15) is 0 Å². The molecule has 1 aromatic rings. The SMILES string of the molecule is NNC(=O)CNC(=O)Nc1cccc([N+](=O)[O-])c1. The number of rotatable bonds is 4. The fourth-order valence-corrected chi connectivity index (χ4v) is 1.08. The molecule has 5 N–H and O–H groups in total. The Bertz CT molecular complexity index is 476. The van der Waals surface area contributed by atoms with Gasteiger partial charge in [-0.1, -0.05) is 6.07 Å². The Morgan fingerprint density at radius 1 is 1.39 bits per heavy atom. The smallest absolute Gasteiger partial charge is 0.319 e. The first-order valence-electron chi connectivity index (χ1n) is 4.81. The highest BCUT2D eigenvalue weighted by Gasteiger charge is 2.08. The molecular weight excluding hydrogens is 242 g/mol. The molecule has 1 aromatic carbocycles. The molecule has 0 heterocycles. The van der Waals surface area contributed by atoms with E-state index in [0.29, 0.717) is 0 Å². The lowest BCUT2D eigenvalue weighted by Crippen LogP contribution is -2.41. The summed E-state index contributed by atoms with van der Waals surface area (Å²) in [5.74, 6) is 4.25. The van der Waals surface area contributed by atoms with Gasteiger partial charge in [0.25, 0.3) is 11.6 Å². The molecule has 0 aromatic heterocycles. The number of urea groups is 1. The molecule has 9 heteroatoms. The van der Waals surface area contributed by atoms with E-state index in [1.54, 1.807) is 0 Å². The molecule has 0 spiro atoms. The first kappa shape index (κ1) is 13.4. The minimum absolute atomic E-state index is 0.146. The molecular formula is C9H11N5O4. The summed E-state index contributed by atoms with van der Waals surface area (Å²) in [5.41, 5.74) is 1.94. The number of carbonyl (C=O) groups excluding carboxylic acids is 2. The van der Waals surface area contributed by atoms with E-state index in [-0.39, 0.29) is 17.9 Å². The van der Waals surface area contributed by atoms with E-state index in [1.165, 1.54) is 24.3 Å². The van der Waals surface area contributed by atoms with Gasteiger partial charge in [-0.15, -0.1) is 0 Å². The van der Waals surface area contributed by atoms with Gasteiger partial charge in [-0.25, -0.2) is 10.6 Å². The van der Waals surface area contributed by atoms with Crippen molar-refractivity contribution < 1.29 is 14.5 Å². The minimum Gasteiger partial charge on any atom is -0.329 e. The molecule has 0 bridgehead atoms. The molecule has 18 heavy (non-hydrogen) atoms. The average molecular weight is 253 g/mol. The lowest BCUT2D eigenvalue weighted by molar-refractivity contribution is -0.384. The van der Waals surface area contributed by atoms with Gasteiger partial charge in [-0.05, 0) is 6.07 Å². The van der Waals surface area contributed by atoms with Crippen molar-refractivity contribution >= 4 is 23.3 Å². The van der Waals surface area contributed by atoms with Crippen molar-refractivity contribution in [3.8, 4) is 0 Å². The van der Waals surface area contributed by atoms with Gasteiger partial charge in [0.1, 0.15) is 0 Å². The summed E-state index contributed by atoms with van der Waals surface area (Å²) in [6.07, 6.45) is 0. The zero-order valence-corrected chi connectivity index (χ0v) is 9.17. The summed E-state index contributed by atoms with van der Waals surface area (Å²) in [5, 5.41) is 15.1. The van der Waals surface area contributed by atoms with Crippen LogP contribution in [0, 0.1) is 10.1 Å². The molecule has 0 saturated heterocycles. The van der Waals surface area contributed by atoms with Crippen LogP contribution in [0.4, 0.5) is 16.2 Å². The van der Waals surface area contributed by atoms with Crippen molar-refractivity contribution in [3.63, 3.8) is 0 Å². The molecule has 0 aliphatic rings. The predicted octanol–water partition coefficient (Wildman–Crippen LogP) is -0.294. The van der Waals surface area contributed by atoms with Crippen molar-refractivity contribution in [2.75, 3.05) is 11.9 Å². The largest absolute Gasteiger partial charge is 0.329 e. The fourth-order valence-electron chi connectivity index (χ4n) is 1.08. The van der Waals surface area contributed by atoms with E-state index in [4.69, 9.17) is 5.84 Å². The van der Waals surface area contributed by atoms with Gasteiger partial charge in [0.05, 0.1) is 11.5 Å². The molecule has 0 aliphatic heterocycles. The highest BCUT2D eigenvalue weighted by atomic mass is 16.6. The van der Waals surface area contributed by atoms with Gasteiger partial charge in [0, 0.05) is 17.8 Å². The summed E-state index contributed by atoms with van der Waals surface area (Å²) in [7, 11) is 0. The molecule has 0 atom stereocenters. The summed E-state index contributed by atoms with van der Waals surface area (Å²) in [6, 6.07) is 4.74. The maximum Gasteiger partial charge on any atom is 0.319 e. The van der Waals surface area contributed by atoms with Crippen LogP contribution in [0.3, 0.4) is 0 Å². The molecule has 0 radical (unpaired) electrons. The molecule has 96 valence electrons. The second-order valence-corrected chi connectivity index (χ2v) is 3.18. The van der Waals surface area contributed by atoms with Crippen LogP contribution >= 0.6 is 0 Å². The number of carbonyl (C=O) groups is 2. The van der Waals surface area contributed by atoms with Gasteiger partial charge < -0.3 is 10.6 Å². The number of nitrogens with zero attached hydrogens (tertiary/aromatic N) is 1. The Morgan fingerprint density at radius 2 is 2.11 bits per heavy atom. The molecule has 0 saturated carbocycles. The molecule has 0 fully saturated rings. The number of hydrogen-bond donors (Lipinski definition) is 4. The van der Waals surface area contributed by atoms with Crippen molar-refractivity contribution in [3.05, 3.63) is 34.4 Å². The summed E-state index contributed by atoms with van der Waals surface area (Å²) in [6.45, 7) is -0.294. The van der Waals surface area contributed by atoms with E-state index >= 15 is 0 Å². The predicted molar refractivity (Wildman–Crippen MR) is 62.4 cm³/mol. The second kappa shape index (κ2) is 6.15. The number of nitro benzene ring substituents is 1. The first-order valence-corrected chi connectivity index (χ1v) is 4.81. The van der Waals surface area contributed by atoms with Crippen molar-refractivity contribution in [2.24, 2.45) is 5.84 Å². The third kappa shape index (κ3) is 4.06. The topological polar surface area (TPSA) is 139 Å². The zero-order valence-electron chi connectivity index (χ0n) is 9.17. The Kier molecular flexibility index (Phi) is 4.58. The van der Waals surface area contributed by atoms with Gasteiger partial charge >= 0.3 is 6.03 Å². The zero-order chi connectivity index (χ0) is 13.5. The van der Waals surface area contributed by atoms with Gasteiger partial charge in [-0.2, -0.15) is 0 Å². The average Bonchev–Trinajstić information content (AvgIpc) is 2.36. The van der Waals surface area contributed by atoms with E-state index in [2.05, 4.69) is 10.6 Å². The number of hydrogen-bond acceptors (Lipinski definition) is 5. The maximum absolute atomic E-state index is 11.3. The number of nitro groups is 1. The van der Waals surface area contributed by atoms with Crippen LogP contribution in [0.2, 0.25) is 0 Å². The van der Waals surface area contributed by atoms with E-state index < -0.39 is 16.9 Å². The summed E-state index contributed by atoms with van der Waals surface area (Å²) < 4.78 is 0. The molecule has 1 rings (SSSR count). The van der Waals surface area contributed by atoms with Crippen LogP contribution in [0.15, 0.2) is 24.3 Å². The number of nitrogens with one attached hydrogen (secondary N) is 3. The fraction of sp³-hybridized carbons (Fsp3) is 0.111. The van der Waals surface area contributed by atoms with Gasteiger partial charge in [-0.3, -0.25) is 20.3 Å². The third-order valence-corrected chi connectivity index (χ3v) is 1.89. The monoisotopic (exact) mass is 253 g/mol. The van der Waals surface area contributed by atoms with E-state index in [1.807, 2.05) is 5.43 Å². The third-order valence-electron chi connectivity index (χ3n) is 1.89. The first-order chi connectivity index (χ1) is 8.52. The van der Waals surface area contributed by atoms with Crippen molar-refractivity contribution in [2.45, 2.75) is 0 Å². The second-order valence-electron chi connectivity index (χ2n) is 3.18. The summed E-state index contributed by atoms with van der Waals surface area (Å²) in [4.78, 5) is 32.0. The quantitative estimate of drug-likeness (QED) is 0.252. The van der Waals surface area contributed by atoms with Crippen LogP contribution in [0.5, 0.6) is 0 Å². The Balaban J connectivity index is 2.56. The van der Waals surface area contributed by atoms with Crippen molar-refractivity contribution in [1.29, 1.82) is 0 Å².